The fraction of sp³-hybridized carbons (Fsp3) is 0.316. The third-order valence-corrected chi connectivity index (χ3v) is 3.56. The molecule has 3 nitrogen and oxygen atoms in total. The second-order valence-corrected chi connectivity index (χ2v) is 5.56. The van der Waals surface area contributed by atoms with Crippen LogP contribution in [-0.2, 0) is 17.8 Å². The molecule has 0 fully saturated rings. The summed E-state index contributed by atoms with van der Waals surface area (Å²) in [5, 5.41) is 6.07. The highest BCUT2D eigenvalue weighted by Gasteiger charge is 2.01. The molecule has 22 heavy (non-hydrogen) atoms. The SMILES string of the molecule is CCCc1ccc(NCC(=O)NCc2ccc(C)cc2)cc1. The smallest absolute Gasteiger partial charge is 0.239 e. The van der Waals surface area contributed by atoms with Crippen molar-refractivity contribution in [3.63, 3.8) is 0 Å². The number of carbonyl (C=O) groups is 1. The first kappa shape index (κ1) is 16.1. The van der Waals surface area contributed by atoms with Crippen LogP contribution in [0.25, 0.3) is 0 Å². The highest BCUT2D eigenvalue weighted by Crippen LogP contribution is 2.10. The Bertz CT molecular complexity index is 588. The Morgan fingerprint density at radius 1 is 0.955 bits per heavy atom. The predicted octanol–water partition coefficient (Wildman–Crippen LogP) is 3.68. The minimum Gasteiger partial charge on any atom is -0.376 e. The molecular formula is C19H24N2O. The third-order valence-electron chi connectivity index (χ3n) is 3.56. The minimum absolute atomic E-state index is 0.00166. The molecule has 0 saturated carbocycles. The van der Waals surface area contributed by atoms with E-state index in [1.54, 1.807) is 0 Å². The lowest BCUT2D eigenvalue weighted by Gasteiger charge is -2.09. The molecule has 0 bridgehead atoms. The molecule has 0 atom stereocenters. The van der Waals surface area contributed by atoms with Crippen molar-refractivity contribution in [3.8, 4) is 0 Å². The largest absolute Gasteiger partial charge is 0.376 e. The monoisotopic (exact) mass is 296 g/mol. The van der Waals surface area contributed by atoms with Crippen molar-refractivity contribution in [2.45, 2.75) is 33.2 Å². The van der Waals surface area contributed by atoms with Gasteiger partial charge in [-0.2, -0.15) is 0 Å². The van der Waals surface area contributed by atoms with Gasteiger partial charge in [0.1, 0.15) is 0 Å². The van der Waals surface area contributed by atoms with E-state index in [1.165, 1.54) is 11.1 Å². The Hall–Kier alpha value is -2.29. The molecule has 0 unspecified atom stereocenters. The fourth-order valence-electron chi connectivity index (χ4n) is 2.23. The van der Waals surface area contributed by atoms with Gasteiger partial charge in [0, 0.05) is 12.2 Å². The van der Waals surface area contributed by atoms with Crippen LogP contribution in [0.4, 0.5) is 5.69 Å². The summed E-state index contributed by atoms with van der Waals surface area (Å²) in [5.74, 6) is -0.00166. The standard InChI is InChI=1S/C19H24N2O/c1-3-4-16-9-11-18(12-10-16)20-14-19(22)21-13-17-7-5-15(2)6-8-17/h5-12,20H,3-4,13-14H2,1-2H3,(H,21,22). The summed E-state index contributed by atoms with van der Waals surface area (Å²) < 4.78 is 0. The molecule has 3 heteroatoms. The van der Waals surface area contributed by atoms with E-state index in [2.05, 4.69) is 48.7 Å². The van der Waals surface area contributed by atoms with Crippen LogP contribution in [-0.4, -0.2) is 12.5 Å². The molecule has 0 heterocycles. The lowest BCUT2D eigenvalue weighted by molar-refractivity contribution is -0.119. The van der Waals surface area contributed by atoms with E-state index in [-0.39, 0.29) is 5.91 Å². The van der Waals surface area contributed by atoms with Gasteiger partial charge in [-0.25, -0.2) is 0 Å². The van der Waals surface area contributed by atoms with Crippen LogP contribution < -0.4 is 10.6 Å². The van der Waals surface area contributed by atoms with Gasteiger partial charge in [0.2, 0.25) is 5.91 Å². The number of benzene rings is 2. The molecule has 0 saturated heterocycles. The highest BCUT2D eigenvalue weighted by atomic mass is 16.1. The molecule has 1 amide bonds. The van der Waals surface area contributed by atoms with Crippen molar-refractivity contribution in [2.24, 2.45) is 0 Å². The Morgan fingerprint density at radius 2 is 1.59 bits per heavy atom. The molecule has 2 rings (SSSR count). The summed E-state index contributed by atoms with van der Waals surface area (Å²) in [5.41, 5.74) is 4.65. The van der Waals surface area contributed by atoms with Gasteiger partial charge in [-0.3, -0.25) is 4.79 Å². The summed E-state index contributed by atoms with van der Waals surface area (Å²) >= 11 is 0. The second-order valence-electron chi connectivity index (χ2n) is 5.56. The molecule has 2 aromatic carbocycles. The maximum Gasteiger partial charge on any atom is 0.239 e. The number of rotatable bonds is 7. The molecule has 0 radical (unpaired) electrons. The normalized spacial score (nSPS) is 10.3. The number of nitrogens with one attached hydrogen (secondary N) is 2. The molecule has 2 aromatic rings. The van der Waals surface area contributed by atoms with E-state index < -0.39 is 0 Å². The molecule has 116 valence electrons. The van der Waals surface area contributed by atoms with Gasteiger partial charge < -0.3 is 10.6 Å². The predicted molar refractivity (Wildman–Crippen MR) is 92.0 cm³/mol. The molecule has 0 aliphatic rings. The van der Waals surface area contributed by atoms with Crippen molar-refractivity contribution < 1.29 is 4.79 Å². The van der Waals surface area contributed by atoms with Gasteiger partial charge in [0.05, 0.1) is 6.54 Å². The van der Waals surface area contributed by atoms with Crippen LogP contribution in [0.2, 0.25) is 0 Å². The zero-order chi connectivity index (χ0) is 15.8. The summed E-state index contributed by atoms with van der Waals surface area (Å²) in [6.45, 7) is 5.08. The van der Waals surface area contributed by atoms with Crippen LogP contribution in [0.3, 0.4) is 0 Å². The lowest BCUT2D eigenvalue weighted by Crippen LogP contribution is -2.29. The van der Waals surface area contributed by atoms with Gasteiger partial charge in [0.15, 0.2) is 0 Å². The van der Waals surface area contributed by atoms with Crippen LogP contribution in [0.1, 0.15) is 30.0 Å². The summed E-state index contributed by atoms with van der Waals surface area (Å²) in [6, 6.07) is 16.4. The van der Waals surface area contributed by atoms with Gasteiger partial charge in [0.25, 0.3) is 0 Å². The zero-order valence-corrected chi connectivity index (χ0v) is 13.4. The van der Waals surface area contributed by atoms with Crippen LogP contribution in [0.5, 0.6) is 0 Å². The molecule has 0 aliphatic heterocycles. The van der Waals surface area contributed by atoms with E-state index in [4.69, 9.17) is 0 Å². The highest BCUT2D eigenvalue weighted by molar-refractivity contribution is 5.80. The van der Waals surface area contributed by atoms with E-state index in [9.17, 15) is 4.79 Å². The molecule has 0 aromatic heterocycles. The van der Waals surface area contributed by atoms with Gasteiger partial charge >= 0.3 is 0 Å². The first-order valence-electron chi connectivity index (χ1n) is 7.82. The fourth-order valence-corrected chi connectivity index (χ4v) is 2.23. The number of hydrogen-bond acceptors (Lipinski definition) is 2. The molecular weight excluding hydrogens is 272 g/mol. The molecule has 2 N–H and O–H groups in total. The Kier molecular flexibility index (Phi) is 6.01. The van der Waals surface area contributed by atoms with Crippen molar-refractivity contribution in [3.05, 3.63) is 65.2 Å². The van der Waals surface area contributed by atoms with Crippen LogP contribution >= 0.6 is 0 Å². The van der Waals surface area contributed by atoms with Gasteiger partial charge in [-0.1, -0.05) is 55.3 Å². The first-order valence-corrected chi connectivity index (χ1v) is 7.82. The van der Waals surface area contributed by atoms with Crippen molar-refractivity contribution in [1.82, 2.24) is 5.32 Å². The van der Waals surface area contributed by atoms with E-state index >= 15 is 0 Å². The number of carbonyl (C=O) groups excluding carboxylic acids is 1. The zero-order valence-electron chi connectivity index (χ0n) is 13.4. The average molecular weight is 296 g/mol. The maximum atomic E-state index is 11.9. The average Bonchev–Trinajstić information content (AvgIpc) is 2.54. The number of hydrogen-bond donors (Lipinski definition) is 2. The van der Waals surface area contributed by atoms with Gasteiger partial charge in [-0.15, -0.1) is 0 Å². The van der Waals surface area contributed by atoms with Crippen molar-refractivity contribution in [1.29, 1.82) is 0 Å². The number of amides is 1. The van der Waals surface area contributed by atoms with Crippen molar-refractivity contribution >= 4 is 11.6 Å². The van der Waals surface area contributed by atoms with Crippen LogP contribution in [0, 0.1) is 6.92 Å². The third kappa shape index (κ3) is 5.24. The Balaban J connectivity index is 1.74. The quantitative estimate of drug-likeness (QED) is 0.818. The molecule has 0 aliphatic carbocycles. The summed E-state index contributed by atoms with van der Waals surface area (Å²) in [4.78, 5) is 11.9. The topological polar surface area (TPSA) is 41.1 Å². The van der Waals surface area contributed by atoms with Gasteiger partial charge in [-0.05, 0) is 36.6 Å². The van der Waals surface area contributed by atoms with Crippen LogP contribution in [0.15, 0.2) is 48.5 Å². The Labute approximate surface area is 132 Å². The van der Waals surface area contributed by atoms with Crippen molar-refractivity contribution in [2.75, 3.05) is 11.9 Å². The molecule has 0 spiro atoms. The maximum absolute atomic E-state index is 11.9. The second kappa shape index (κ2) is 8.23. The first-order chi connectivity index (χ1) is 10.7. The summed E-state index contributed by atoms with van der Waals surface area (Å²) in [7, 11) is 0. The lowest BCUT2D eigenvalue weighted by atomic mass is 10.1. The van der Waals surface area contributed by atoms with E-state index in [0.29, 0.717) is 13.1 Å². The van der Waals surface area contributed by atoms with E-state index in [1.807, 2.05) is 24.3 Å². The van der Waals surface area contributed by atoms with E-state index in [0.717, 1.165) is 24.1 Å². The minimum atomic E-state index is -0.00166. The number of aryl methyl sites for hydroxylation is 2. The summed E-state index contributed by atoms with van der Waals surface area (Å²) in [6.07, 6.45) is 2.24. The number of anilines is 1. The Morgan fingerprint density at radius 3 is 2.23 bits per heavy atom.